The van der Waals surface area contributed by atoms with Crippen LogP contribution in [-0.4, -0.2) is 81.0 Å². The fourth-order valence-corrected chi connectivity index (χ4v) is 4.75. The van der Waals surface area contributed by atoms with Gasteiger partial charge >= 0.3 is 0 Å². The third-order valence-corrected chi connectivity index (χ3v) is 7.00. The topological polar surface area (TPSA) is 79.4 Å². The number of fused-ring (bicyclic) bond motifs is 1. The molecule has 2 heterocycles. The van der Waals surface area contributed by atoms with E-state index in [1.807, 2.05) is 0 Å². The van der Waals surface area contributed by atoms with E-state index in [2.05, 4.69) is 18.7 Å². The molecular formula is C18H27N3O5S. The third-order valence-electron chi connectivity index (χ3n) is 5.11. The number of carbonyl (C=O) groups is 1. The molecule has 2 aliphatic heterocycles. The Balaban J connectivity index is 1.57. The van der Waals surface area contributed by atoms with Crippen molar-refractivity contribution in [2.75, 3.05) is 52.6 Å². The Morgan fingerprint density at radius 1 is 1.07 bits per heavy atom. The SMILES string of the molecule is CCN(CC)CCC(=O)N1CCN(S(=O)(=O)c2ccc3c(c2)OCO3)CC1. The summed E-state index contributed by atoms with van der Waals surface area (Å²) >= 11 is 0. The maximum absolute atomic E-state index is 12.9. The molecular weight excluding hydrogens is 370 g/mol. The highest BCUT2D eigenvalue weighted by Gasteiger charge is 2.31. The first-order valence-corrected chi connectivity index (χ1v) is 10.8. The molecule has 0 radical (unpaired) electrons. The molecule has 0 atom stereocenters. The Bertz CT molecular complexity index is 771. The summed E-state index contributed by atoms with van der Waals surface area (Å²) in [4.78, 5) is 16.5. The van der Waals surface area contributed by atoms with Gasteiger partial charge in [-0.15, -0.1) is 0 Å². The van der Waals surface area contributed by atoms with Gasteiger partial charge in [0.2, 0.25) is 22.7 Å². The van der Waals surface area contributed by atoms with Gasteiger partial charge in [0.1, 0.15) is 0 Å². The number of carbonyl (C=O) groups excluding carboxylic acids is 1. The molecule has 0 aliphatic carbocycles. The van der Waals surface area contributed by atoms with Crippen LogP contribution in [0.15, 0.2) is 23.1 Å². The highest BCUT2D eigenvalue weighted by Crippen LogP contribution is 2.34. The van der Waals surface area contributed by atoms with Crippen LogP contribution in [-0.2, 0) is 14.8 Å². The van der Waals surface area contributed by atoms with Gasteiger partial charge in [0, 0.05) is 45.2 Å². The van der Waals surface area contributed by atoms with E-state index in [0.717, 1.165) is 19.6 Å². The molecule has 0 spiro atoms. The van der Waals surface area contributed by atoms with Crippen molar-refractivity contribution in [1.82, 2.24) is 14.1 Å². The van der Waals surface area contributed by atoms with Crippen LogP contribution in [0.3, 0.4) is 0 Å². The summed E-state index contributed by atoms with van der Waals surface area (Å²) in [5.41, 5.74) is 0. The number of benzene rings is 1. The minimum atomic E-state index is -3.61. The Labute approximate surface area is 160 Å². The minimum Gasteiger partial charge on any atom is -0.454 e. The van der Waals surface area contributed by atoms with Gasteiger partial charge in [-0.2, -0.15) is 4.31 Å². The van der Waals surface area contributed by atoms with Gasteiger partial charge in [-0.3, -0.25) is 4.79 Å². The zero-order valence-electron chi connectivity index (χ0n) is 15.9. The first-order chi connectivity index (χ1) is 13.0. The van der Waals surface area contributed by atoms with E-state index in [1.54, 1.807) is 11.0 Å². The Morgan fingerprint density at radius 2 is 1.74 bits per heavy atom. The molecule has 1 amide bonds. The second-order valence-electron chi connectivity index (χ2n) is 6.58. The van der Waals surface area contributed by atoms with Crippen molar-refractivity contribution in [3.05, 3.63) is 18.2 Å². The molecule has 27 heavy (non-hydrogen) atoms. The number of sulfonamides is 1. The predicted molar refractivity (Wildman–Crippen MR) is 100 cm³/mol. The predicted octanol–water partition coefficient (Wildman–Crippen LogP) is 0.980. The fraction of sp³-hybridized carbons (Fsp3) is 0.611. The summed E-state index contributed by atoms with van der Waals surface area (Å²) < 4.78 is 37.7. The number of rotatable bonds is 7. The summed E-state index contributed by atoms with van der Waals surface area (Å²) in [6, 6.07) is 4.64. The quantitative estimate of drug-likeness (QED) is 0.682. The molecule has 2 aliphatic rings. The molecule has 1 saturated heterocycles. The zero-order valence-corrected chi connectivity index (χ0v) is 16.7. The van der Waals surface area contributed by atoms with Crippen LogP contribution >= 0.6 is 0 Å². The van der Waals surface area contributed by atoms with Crippen LogP contribution in [0, 0.1) is 0 Å². The highest BCUT2D eigenvalue weighted by molar-refractivity contribution is 7.89. The Morgan fingerprint density at radius 3 is 2.41 bits per heavy atom. The van der Waals surface area contributed by atoms with Gasteiger partial charge in [0.25, 0.3) is 0 Å². The lowest BCUT2D eigenvalue weighted by molar-refractivity contribution is -0.132. The first kappa shape index (κ1) is 19.9. The number of hydrogen-bond donors (Lipinski definition) is 0. The van der Waals surface area contributed by atoms with Crippen molar-refractivity contribution in [1.29, 1.82) is 0 Å². The van der Waals surface area contributed by atoms with E-state index in [9.17, 15) is 13.2 Å². The second-order valence-corrected chi connectivity index (χ2v) is 8.51. The zero-order chi connectivity index (χ0) is 19.4. The number of hydrogen-bond acceptors (Lipinski definition) is 6. The maximum Gasteiger partial charge on any atom is 0.243 e. The molecule has 9 heteroatoms. The van der Waals surface area contributed by atoms with Crippen molar-refractivity contribution in [3.63, 3.8) is 0 Å². The van der Waals surface area contributed by atoms with Crippen LogP contribution in [0.5, 0.6) is 11.5 Å². The molecule has 0 bridgehead atoms. The Kier molecular flexibility index (Phi) is 6.23. The summed E-state index contributed by atoms with van der Waals surface area (Å²) in [5.74, 6) is 1.08. The molecule has 1 fully saturated rings. The van der Waals surface area contributed by atoms with Gasteiger partial charge in [-0.25, -0.2) is 8.42 Å². The number of nitrogens with zero attached hydrogens (tertiary/aromatic N) is 3. The average Bonchev–Trinajstić information content (AvgIpc) is 3.16. The molecule has 150 valence electrons. The standard InChI is InChI=1S/C18H27N3O5S/c1-3-19(4-2)8-7-18(22)20-9-11-21(12-10-20)27(23,24)15-5-6-16-17(13-15)26-14-25-16/h5-6,13H,3-4,7-12,14H2,1-2H3. The van der Waals surface area contributed by atoms with Gasteiger partial charge in [-0.1, -0.05) is 13.8 Å². The molecule has 0 N–H and O–H groups in total. The van der Waals surface area contributed by atoms with E-state index in [-0.39, 0.29) is 17.6 Å². The summed E-state index contributed by atoms with van der Waals surface area (Å²) in [6.07, 6.45) is 0.469. The van der Waals surface area contributed by atoms with E-state index in [4.69, 9.17) is 9.47 Å². The molecule has 0 saturated carbocycles. The number of amides is 1. The van der Waals surface area contributed by atoms with Crippen molar-refractivity contribution in [2.45, 2.75) is 25.2 Å². The highest BCUT2D eigenvalue weighted by atomic mass is 32.2. The molecule has 0 aromatic heterocycles. The van der Waals surface area contributed by atoms with Gasteiger partial charge in [0.05, 0.1) is 4.90 Å². The summed E-state index contributed by atoms with van der Waals surface area (Å²) in [7, 11) is -3.61. The van der Waals surface area contributed by atoms with Gasteiger partial charge < -0.3 is 19.3 Å². The monoisotopic (exact) mass is 397 g/mol. The lowest BCUT2D eigenvalue weighted by Gasteiger charge is -2.34. The summed E-state index contributed by atoms with van der Waals surface area (Å²) in [5, 5.41) is 0. The van der Waals surface area contributed by atoms with Crippen LogP contribution in [0.4, 0.5) is 0 Å². The first-order valence-electron chi connectivity index (χ1n) is 9.35. The van der Waals surface area contributed by atoms with Gasteiger partial charge in [-0.05, 0) is 25.2 Å². The second kappa shape index (κ2) is 8.45. The maximum atomic E-state index is 12.9. The van der Waals surface area contributed by atoms with Crippen molar-refractivity contribution >= 4 is 15.9 Å². The number of ether oxygens (including phenoxy) is 2. The van der Waals surface area contributed by atoms with E-state index >= 15 is 0 Å². The van der Waals surface area contributed by atoms with Crippen LogP contribution in [0.1, 0.15) is 20.3 Å². The van der Waals surface area contributed by atoms with Crippen molar-refractivity contribution in [3.8, 4) is 11.5 Å². The third kappa shape index (κ3) is 4.36. The largest absolute Gasteiger partial charge is 0.454 e. The van der Waals surface area contributed by atoms with Crippen LogP contribution in [0.25, 0.3) is 0 Å². The minimum absolute atomic E-state index is 0.0852. The van der Waals surface area contributed by atoms with Crippen LogP contribution in [0.2, 0.25) is 0 Å². The van der Waals surface area contributed by atoms with Gasteiger partial charge in [0.15, 0.2) is 11.5 Å². The molecule has 1 aromatic rings. The van der Waals surface area contributed by atoms with Crippen molar-refractivity contribution in [2.24, 2.45) is 0 Å². The Hall–Kier alpha value is -1.84. The van der Waals surface area contributed by atoms with Crippen molar-refractivity contribution < 1.29 is 22.7 Å². The molecule has 8 nitrogen and oxygen atoms in total. The van der Waals surface area contributed by atoms with Crippen LogP contribution < -0.4 is 9.47 Å². The molecule has 0 unspecified atom stereocenters. The van der Waals surface area contributed by atoms with E-state index in [0.29, 0.717) is 44.1 Å². The fourth-order valence-electron chi connectivity index (χ4n) is 3.32. The summed E-state index contributed by atoms with van der Waals surface area (Å²) in [6.45, 7) is 8.27. The molecule has 3 rings (SSSR count). The molecule has 1 aromatic carbocycles. The lowest BCUT2D eigenvalue weighted by atomic mass is 10.3. The van der Waals surface area contributed by atoms with E-state index < -0.39 is 10.0 Å². The average molecular weight is 397 g/mol. The smallest absolute Gasteiger partial charge is 0.243 e. The van der Waals surface area contributed by atoms with E-state index in [1.165, 1.54) is 16.4 Å². The lowest BCUT2D eigenvalue weighted by Crippen LogP contribution is -2.50. The normalized spacial score (nSPS) is 17.5. The number of piperazine rings is 1.